The Hall–Kier alpha value is -2.57. The molecule has 7 heteroatoms. The summed E-state index contributed by atoms with van der Waals surface area (Å²) in [5.41, 5.74) is 0.891. The number of nitrogens with zero attached hydrogens (tertiary/aromatic N) is 4. The van der Waals surface area contributed by atoms with Gasteiger partial charge in [0.1, 0.15) is 13.2 Å². The van der Waals surface area contributed by atoms with Crippen LogP contribution in [0.2, 0.25) is 0 Å². The van der Waals surface area contributed by atoms with Crippen LogP contribution in [0.15, 0.2) is 30.3 Å². The maximum Gasteiger partial charge on any atom is 0.328 e. The van der Waals surface area contributed by atoms with Gasteiger partial charge >= 0.3 is 5.97 Å². The molecule has 0 amide bonds. The van der Waals surface area contributed by atoms with E-state index in [0.717, 1.165) is 10.2 Å². The van der Waals surface area contributed by atoms with Crippen LogP contribution >= 0.6 is 0 Å². The van der Waals surface area contributed by atoms with Crippen molar-refractivity contribution in [1.29, 1.82) is 0 Å². The van der Waals surface area contributed by atoms with Crippen LogP contribution in [0.4, 0.5) is 0 Å². The van der Waals surface area contributed by atoms with E-state index in [9.17, 15) is 9.59 Å². The second-order valence-corrected chi connectivity index (χ2v) is 4.08. The van der Waals surface area contributed by atoms with Gasteiger partial charge in [-0.2, -0.15) is 0 Å². The van der Waals surface area contributed by atoms with E-state index in [-0.39, 0.29) is 31.2 Å². The zero-order valence-corrected chi connectivity index (χ0v) is 11.0. The number of ether oxygens (including phenoxy) is 1. The number of esters is 1. The minimum atomic E-state index is -0.494. The summed E-state index contributed by atoms with van der Waals surface area (Å²) in [5.74, 6) is -0.638. The van der Waals surface area contributed by atoms with Gasteiger partial charge in [-0.15, -0.1) is 5.10 Å². The zero-order valence-electron chi connectivity index (χ0n) is 11.0. The average molecular weight is 274 g/mol. The van der Waals surface area contributed by atoms with E-state index < -0.39 is 5.97 Å². The Morgan fingerprint density at radius 2 is 2.00 bits per heavy atom. The normalized spacial score (nSPS) is 10.2. The van der Waals surface area contributed by atoms with Gasteiger partial charge < -0.3 is 4.74 Å². The molecule has 1 aromatic carbocycles. The smallest absolute Gasteiger partial charge is 0.328 e. The van der Waals surface area contributed by atoms with E-state index in [2.05, 4.69) is 15.5 Å². The van der Waals surface area contributed by atoms with Gasteiger partial charge in [-0.25, -0.2) is 4.68 Å². The lowest BCUT2D eigenvalue weighted by atomic mass is 10.2. The molecular formula is C13H14N4O3. The third-order valence-corrected chi connectivity index (χ3v) is 2.62. The standard InChI is InChI=1S/C13H14N4O3/c1-2-11(18)13-14-15-16-17(13)8-12(19)20-9-10-6-4-3-5-7-10/h3-7H,2,8-9H2,1H3. The number of aromatic nitrogens is 4. The number of carbonyl (C=O) groups is 2. The third-order valence-electron chi connectivity index (χ3n) is 2.62. The Labute approximate surface area is 115 Å². The number of rotatable bonds is 6. The first kappa shape index (κ1) is 13.9. The molecule has 7 nitrogen and oxygen atoms in total. The molecular weight excluding hydrogens is 260 g/mol. The molecule has 0 N–H and O–H groups in total. The summed E-state index contributed by atoms with van der Waals surface area (Å²) in [4.78, 5) is 23.2. The van der Waals surface area contributed by atoms with Crippen LogP contribution < -0.4 is 0 Å². The van der Waals surface area contributed by atoms with Crippen molar-refractivity contribution in [2.24, 2.45) is 0 Å². The number of ketones is 1. The molecule has 2 rings (SSSR count). The van der Waals surface area contributed by atoms with Crippen molar-refractivity contribution in [3.05, 3.63) is 41.7 Å². The van der Waals surface area contributed by atoms with E-state index in [1.165, 1.54) is 0 Å². The molecule has 0 aliphatic rings. The number of hydrogen-bond acceptors (Lipinski definition) is 6. The van der Waals surface area contributed by atoms with Crippen molar-refractivity contribution in [3.63, 3.8) is 0 Å². The number of tetrazole rings is 1. The number of carbonyl (C=O) groups excluding carboxylic acids is 2. The van der Waals surface area contributed by atoms with Crippen molar-refractivity contribution < 1.29 is 14.3 Å². The molecule has 0 aliphatic heterocycles. The van der Waals surface area contributed by atoms with Gasteiger partial charge in [0.25, 0.3) is 0 Å². The largest absolute Gasteiger partial charge is 0.459 e. The molecule has 0 saturated heterocycles. The maximum absolute atomic E-state index is 11.7. The second-order valence-electron chi connectivity index (χ2n) is 4.08. The molecule has 0 unspecified atom stereocenters. The summed E-state index contributed by atoms with van der Waals surface area (Å²) >= 11 is 0. The molecule has 0 spiro atoms. The minimum Gasteiger partial charge on any atom is -0.459 e. The van der Waals surface area contributed by atoms with Crippen molar-refractivity contribution in [1.82, 2.24) is 20.2 Å². The monoisotopic (exact) mass is 274 g/mol. The predicted octanol–water partition coefficient (Wildman–Crippen LogP) is 1.01. The first-order valence-corrected chi connectivity index (χ1v) is 6.19. The van der Waals surface area contributed by atoms with Gasteiger partial charge in [0, 0.05) is 6.42 Å². The molecule has 1 aromatic heterocycles. The van der Waals surface area contributed by atoms with Gasteiger partial charge in [-0.3, -0.25) is 9.59 Å². The minimum absolute atomic E-state index is 0.0733. The van der Waals surface area contributed by atoms with E-state index in [1.54, 1.807) is 6.92 Å². The molecule has 0 aliphatic carbocycles. The summed E-state index contributed by atoms with van der Waals surface area (Å²) in [6.45, 7) is 1.70. The van der Waals surface area contributed by atoms with E-state index in [4.69, 9.17) is 4.74 Å². The highest BCUT2D eigenvalue weighted by Crippen LogP contribution is 2.02. The van der Waals surface area contributed by atoms with Gasteiger partial charge in [0.15, 0.2) is 0 Å². The fraction of sp³-hybridized carbons (Fsp3) is 0.308. The van der Waals surface area contributed by atoms with Crippen LogP contribution in [-0.2, 0) is 22.7 Å². The van der Waals surface area contributed by atoms with Crippen LogP contribution in [0, 0.1) is 0 Å². The first-order valence-electron chi connectivity index (χ1n) is 6.19. The molecule has 0 fully saturated rings. The average Bonchev–Trinajstić information content (AvgIpc) is 2.93. The molecule has 0 saturated carbocycles. The molecule has 1 heterocycles. The second kappa shape index (κ2) is 6.55. The highest BCUT2D eigenvalue weighted by atomic mass is 16.5. The molecule has 2 aromatic rings. The van der Waals surface area contributed by atoms with Crippen molar-refractivity contribution in [3.8, 4) is 0 Å². The van der Waals surface area contributed by atoms with Gasteiger partial charge in [-0.05, 0) is 16.0 Å². The summed E-state index contributed by atoms with van der Waals surface area (Å²) < 4.78 is 6.26. The molecule has 104 valence electrons. The van der Waals surface area contributed by atoms with E-state index in [1.807, 2.05) is 30.3 Å². The lowest BCUT2D eigenvalue weighted by molar-refractivity contribution is -0.145. The number of hydrogen-bond donors (Lipinski definition) is 0. The fourth-order valence-electron chi connectivity index (χ4n) is 1.57. The SMILES string of the molecule is CCC(=O)c1nnnn1CC(=O)OCc1ccccc1. The molecule has 0 atom stereocenters. The third kappa shape index (κ3) is 3.47. The first-order chi connectivity index (χ1) is 9.70. The Bertz CT molecular complexity index is 595. The van der Waals surface area contributed by atoms with Crippen LogP contribution in [0.5, 0.6) is 0 Å². The lowest BCUT2D eigenvalue weighted by Crippen LogP contribution is -2.19. The summed E-state index contributed by atoms with van der Waals surface area (Å²) in [6, 6.07) is 9.33. The van der Waals surface area contributed by atoms with Gasteiger partial charge in [0.05, 0.1) is 0 Å². The van der Waals surface area contributed by atoms with Crippen LogP contribution in [-0.4, -0.2) is 32.0 Å². The van der Waals surface area contributed by atoms with E-state index >= 15 is 0 Å². The molecule has 20 heavy (non-hydrogen) atoms. The van der Waals surface area contributed by atoms with Gasteiger partial charge in [0.2, 0.25) is 11.6 Å². The predicted molar refractivity (Wildman–Crippen MR) is 68.7 cm³/mol. The quantitative estimate of drug-likeness (QED) is 0.577. The van der Waals surface area contributed by atoms with Crippen molar-refractivity contribution >= 4 is 11.8 Å². The van der Waals surface area contributed by atoms with Gasteiger partial charge in [-0.1, -0.05) is 37.3 Å². The fourth-order valence-corrected chi connectivity index (χ4v) is 1.57. The van der Waals surface area contributed by atoms with Crippen LogP contribution in [0.1, 0.15) is 29.5 Å². The summed E-state index contributed by atoms with van der Waals surface area (Å²) in [5, 5.41) is 10.6. The van der Waals surface area contributed by atoms with E-state index in [0.29, 0.717) is 0 Å². The van der Waals surface area contributed by atoms with Crippen LogP contribution in [0.3, 0.4) is 0 Å². The summed E-state index contributed by atoms with van der Waals surface area (Å²) in [6.07, 6.45) is 0.277. The van der Waals surface area contributed by atoms with Crippen molar-refractivity contribution in [2.75, 3.05) is 0 Å². The topological polar surface area (TPSA) is 87.0 Å². The molecule has 0 radical (unpaired) electrons. The Morgan fingerprint density at radius 3 is 2.70 bits per heavy atom. The highest BCUT2D eigenvalue weighted by molar-refractivity contribution is 5.92. The Morgan fingerprint density at radius 1 is 1.25 bits per heavy atom. The summed E-state index contributed by atoms with van der Waals surface area (Å²) in [7, 11) is 0. The molecule has 0 bridgehead atoms. The Kier molecular flexibility index (Phi) is 4.54. The number of Topliss-reactive ketones (excluding diaryl/α,β-unsaturated/α-hetero) is 1. The number of benzene rings is 1. The zero-order chi connectivity index (χ0) is 14.4. The highest BCUT2D eigenvalue weighted by Gasteiger charge is 2.16. The maximum atomic E-state index is 11.7. The Balaban J connectivity index is 1.92. The van der Waals surface area contributed by atoms with Crippen molar-refractivity contribution in [2.45, 2.75) is 26.5 Å². The van der Waals surface area contributed by atoms with Crippen LogP contribution in [0.25, 0.3) is 0 Å². The lowest BCUT2D eigenvalue weighted by Gasteiger charge is -2.05.